The molecule has 2 bridgehead atoms. The molecule has 178 valence electrons. The van der Waals surface area contributed by atoms with Crippen LogP contribution in [0.1, 0.15) is 63.6 Å². The first-order valence-electron chi connectivity index (χ1n) is 12.0. The van der Waals surface area contributed by atoms with Gasteiger partial charge in [-0.05, 0) is 31.1 Å². The molecular formula is C27H35NO4S. The lowest BCUT2D eigenvalue weighted by Gasteiger charge is -2.41. The number of hydrogen-bond acceptors (Lipinski definition) is 4. The molecule has 0 spiro atoms. The Balaban J connectivity index is 0.000000160. The molecular weight excluding hydrogens is 434 g/mol. The molecule has 1 N–H and O–H groups in total. The van der Waals surface area contributed by atoms with Gasteiger partial charge in [0, 0.05) is 29.4 Å². The number of nitrogens with one attached hydrogen (secondary N) is 1. The Bertz CT molecular complexity index is 1040. The summed E-state index contributed by atoms with van der Waals surface area (Å²) < 4.78 is 32.7. The molecule has 2 saturated carbocycles. The van der Waals surface area contributed by atoms with Crippen molar-refractivity contribution < 1.29 is 22.7 Å². The number of hydrogen-bond donors (Lipinski definition) is 1. The molecule has 4 atom stereocenters. The predicted molar refractivity (Wildman–Crippen MR) is 128 cm³/mol. The summed E-state index contributed by atoms with van der Waals surface area (Å²) in [6.07, 6.45) is 3.23. The number of carbonyl (C=O) groups excluding carboxylic acids is 1. The molecule has 6 heteroatoms. The van der Waals surface area contributed by atoms with E-state index in [1.54, 1.807) is 4.90 Å². The summed E-state index contributed by atoms with van der Waals surface area (Å²) in [5, 5.41) is 0. The van der Waals surface area contributed by atoms with Gasteiger partial charge in [0.25, 0.3) is 0 Å². The molecule has 0 radical (unpaired) electrons. The van der Waals surface area contributed by atoms with Crippen LogP contribution in [-0.4, -0.2) is 37.1 Å². The average Bonchev–Trinajstić information content (AvgIpc) is 3.11. The van der Waals surface area contributed by atoms with Crippen molar-refractivity contribution in [1.29, 1.82) is 0 Å². The highest BCUT2D eigenvalue weighted by Crippen LogP contribution is 2.64. The summed E-state index contributed by atoms with van der Waals surface area (Å²) in [7, 11) is -4.33. The van der Waals surface area contributed by atoms with Crippen LogP contribution in [0.25, 0.3) is 0 Å². The third-order valence-corrected chi connectivity index (χ3v) is 9.54. The Labute approximate surface area is 198 Å². The van der Waals surface area contributed by atoms with Crippen molar-refractivity contribution in [3.8, 4) is 0 Å². The zero-order chi connectivity index (χ0) is 23.9. The summed E-state index contributed by atoms with van der Waals surface area (Å²) in [4.78, 5) is 13.5. The highest BCUT2D eigenvalue weighted by Gasteiger charge is 2.64. The van der Waals surface area contributed by atoms with E-state index < -0.39 is 21.3 Å². The van der Waals surface area contributed by atoms with Crippen molar-refractivity contribution in [2.24, 2.45) is 16.7 Å². The van der Waals surface area contributed by atoms with Crippen LogP contribution in [0.3, 0.4) is 0 Å². The van der Waals surface area contributed by atoms with Crippen molar-refractivity contribution in [2.45, 2.75) is 58.5 Å². The number of carbonyl (C=O) groups is 1. The van der Waals surface area contributed by atoms with E-state index in [2.05, 4.69) is 67.6 Å². The molecule has 1 saturated heterocycles. The number of rotatable bonds is 5. The SMILES string of the molecule is CC1(C)[C@H]2CC[C@]1(CS(=O)(=O)[O-])C(=O)C2.C[C@H]1CC[NH+]1C(c1ccccc1)c1ccccc1. The number of ketones is 1. The van der Waals surface area contributed by atoms with E-state index in [1.807, 2.05) is 13.8 Å². The highest BCUT2D eigenvalue weighted by molar-refractivity contribution is 7.85. The Morgan fingerprint density at radius 2 is 1.55 bits per heavy atom. The van der Waals surface area contributed by atoms with E-state index in [0.29, 0.717) is 18.9 Å². The maximum absolute atomic E-state index is 11.8. The van der Waals surface area contributed by atoms with E-state index in [9.17, 15) is 17.8 Å². The molecule has 5 nitrogen and oxygen atoms in total. The minimum atomic E-state index is -4.33. The van der Waals surface area contributed by atoms with Crippen LogP contribution in [-0.2, 0) is 14.9 Å². The first-order valence-corrected chi connectivity index (χ1v) is 13.6. The van der Waals surface area contributed by atoms with Gasteiger partial charge in [-0.3, -0.25) is 4.79 Å². The van der Waals surface area contributed by atoms with Gasteiger partial charge in [-0.25, -0.2) is 8.42 Å². The molecule has 2 aliphatic carbocycles. The van der Waals surface area contributed by atoms with E-state index in [-0.39, 0.29) is 17.1 Å². The van der Waals surface area contributed by atoms with Crippen LogP contribution < -0.4 is 4.90 Å². The van der Waals surface area contributed by atoms with Gasteiger partial charge in [0.05, 0.1) is 28.5 Å². The third-order valence-electron chi connectivity index (χ3n) is 8.70. The van der Waals surface area contributed by atoms with Gasteiger partial charge in [-0.15, -0.1) is 0 Å². The van der Waals surface area contributed by atoms with Crippen LogP contribution in [0.2, 0.25) is 0 Å². The standard InChI is InChI=1S/C17H19N.C10H16O4S/c1-14-12-13-18(14)17(15-8-4-2-5-9-15)16-10-6-3-7-11-16;1-9(2)7-3-4-10(9,8(11)5-7)6-15(12,13)14/h2-11,14,17H,12-13H2,1H3;7H,3-6H2,1-2H3,(H,12,13,14)/t14-;7-,10-/m00/s1. The Hall–Kier alpha value is -2.02. The Kier molecular flexibility index (Phi) is 6.56. The average molecular weight is 470 g/mol. The first kappa shape index (κ1) is 24.1. The fourth-order valence-electron chi connectivity index (χ4n) is 6.35. The molecule has 0 aromatic heterocycles. The zero-order valence-corrected chi connectivity index (χ0v) is 20.6. The van der Waals surface area contributed by atoms with Crippen LogP contribution in [0.15, 0.2) is 60.7 Å². The molecule has 3 fully saturated rings. The van der Waals surface area contributed by atoms with Crippen molar-refractivity contribution in [3.05, 3.63) is 71.8 Å². The molecule has 5 rings (SSSR count). The van der Waals surface area contributed by atoms with Gasteiger partial charge >= 0.3 is 0 Å². The molecule has 33 heavy (non-hydrogen) atoms. The van der Waals surface area contributed by atoms with Gasteiger partial charge in [-0.1, -0.05) is 74.5 Å². The number of quaternary nitrogens is 1. The molecule has 2 aromatic rings. The fourth-order valence-corrected chi connectivity index (χ4v) is 7.63. The van der Waals surface area contributed by atoms with Gasteiger partial charge in [-0.2, -0.15) is 0 Å². The number of likely N-dealkylation sites (tertiary alicyclic amines) is 1. The molecule has 2 aromatic carbocycles. The van der Waals surface area contributed by atoms with Crippen LogP contribution >= 0.6 is 0 Å². The van der Waals surface area contributed by atoms with E-state index >= 15 is 0 Å². The van der Waals surface area contributed by atoms with Gasteiger partial charge in [0.2, 0.25) is 0 Å². The molecule has 3 aliphatic rings. The fraction of sp³-hybridized carbons (Fsp3) is 0.519. The molecule has 1 heterocycles. The van der Waals surface area contributed by atoms with E-state index in [1.165, 1.54) is 24.1 Å². The molecule has 1 aliphatic heterocycles. The van der Waals surface area contributed by atoms with Crippen molar-refractivity contribution in [2.75, 3.05) is 12.3 Å². The van der Waals surface area contributed by atoms with E-state index in [4.69, 9.17) is 0 Å². The second kappa shape index (κ2) is 8.97. The summed E-state index contributed by atoms with van der Waals surface area (Å²) in [5.41, 5.74) is 1.65. The number of fused-ring (bicyclic) bond motifs is 2. The lowest BCUT2D eigenvalue weighted by Crippen LogP contribution is -3.21. The lowest BCUT2D eigenvalue weighted by atomic mass is 9.70. The summed E-state index contributed by atoms with van der Waals surface area (Å²) in [5.74, 6) is -0.280. The summed E-state index contributed by atoms with van der Waals surface area (Å²) in [6.45, 7) is 7.48. The normalized spacial score (nSPS) is 30.0. The first-order chi connectivity index (χ1) is 15.6. The van der Waals surface area contributed by atoms with Crippen LogP contribution in [0.5, 0.6) is 0 Å². The van der Waals surface area contributed by atoms with Gasteiger partial charge in [0.1, 0.15) is 11.8 Å². The van der Waals surface area contributed by atoms with Gasteiger partial charge in [0.15, 0.2) is 0 Å². The minimum absolute atomic E-state index is 0.0248. The molecule has 1 unspecified atom stereocenters. The van der Waals surface area contributed by atoms with Crippen molar-refractivity contribution >= 4 is 15.9 Å². The lowest BCUT2D eigenvalue weighted by molar-refractivity contribution is -0.988. The van der Waals surface area contributed by atoms with Gasteiger partial charge < -0.3 is 9.45 Å². The van der Waals surface area contributed by atoms with Crippen molar-refractivity contribution in [1.82, 2.24) is 0 Å². The summed E-state index contributed by atoms with van der Waals surface area (Å²) in [6, 6.07) is 23.1. The smallest absolute Gasteiger partial charge is 0.140 e. The Morgan fingerprint density at radius 1 is 1.00 bits per heavy atom. The Morgan fingerprint density at radius 3 is 1.88 bits per heavy atom. The topological polar surface area (TPSA) is 78.7 Å². The largest absolute Gasteiger partial charge is 0.748 e. The second-order valence-corrected chi connectivity index (χ2v) is 12.0. The number of benzene rings is 2. The second-order valence-electron chi connectivity index (χ2n) is 10.6. The summed E-state index contributed by atoms with van der Waals surface area (Å²) >= 11 is 0. The third kappa shape index (κ3) is 4.53. The molecule has 0 amide bonds. The monoisotopic (exact) mass is 469 g/mol. The van der Waals surface area contributed by atoms with Crippen LogP contribution in [0.4, 0.5) is 0 Å². The maximum atomic E-state index is 11.8. The highest BCUT2D eigenvalue weighted by atomic mass is 32.2. The van der Waals surface area contributed by atoms with Crippen molar-refractivity contribution in [3.63, 3.8) is 0 Å². The number of Topliss-reactive ketones (excluding diaryl/α,β-unsaturated/α-hetero) is 1. The predicted octanol–water partition coefficient (Wildman–Crippen LogP) is 3.38. The minimum Gasteiger partial charge on any atom is -0.748 e. The van der Waals surface area contributed by atoms with E-state index in [0.717, 1.165) is 12.5 Å². The van der Waals surface area contributed by atoms with Crippen LogP contribution in [0, 0.1) is 16.7 Å². The maximum Gasteiger partial charge on any atom is 0.140 e. The quantitative estimate of drug-likeness (QED) is 0.681. The zero-order valence-electron chi connectivity index (χ0n) is 19.8.